The van der Waals surface area contributed by atoms with Crippen LogP contribution in [0, 0.1) is 6.92 Å². The Morgan fingerprint density at radius 3 is 3.11 bits per heavy atom. The van der Waals surface area contributed by atoms with Gasteiger partial charge in [0.2, 0.25) is 0 Å². The Balaban J connectivity index is 1.80. The summed E-state index contributed by atoms with van der Waals surface area (Å²) in [7, 11) is 1.65. The minimum Gasteiger partial charge on any atom is -0.497 e. The first-order valence-electron chi connectivity index (χ1n) is 6.19. The molecule has 0 aliphatic carbocycles. The van der Waals surface area contributed by atoms with Crippen LogP contribution in [0.25, 0.3) is 0 Å². The van der Waals surface area contributed by atoms with E-state index < -0.39 is 0 Å². The highest BCUT2D eigenvalue weighted by molar-refractivity contribution is 5.26. The number of hydrogen-bond acceptors (Lipinski definition) is 5. The maximum Gasteiger partial charge on any atom is 0.122 e. The summed E-state index contributed by atoms with van der Waals surface area (Å²) >= 11 is 0. The van der Waals surface area contributed by atoms with E-state index in [1.807, 2.05) is 19.1 Å². The Morgan fingerprint density at radius 1 is 1.50 bits per heavy atom. The maximum atomic E-state index is 5.63. The summed E-state index contributed by atoms with van der Waals surface area (Å²) in [5.74, 6) is 0.816. The molecule has 100 valence electrons. The van der Waals surface area contributed by atoms with Gasteiger partial charge in [0, 0.05) is 30.9 Å². The van der Waals surface area contributed by atoms with E-state index in [9.17, 15) is 0 Å². The molecule has 1 N–H and O–H groups in total. The predicted octanol–water partition coefficient (Wildman–Crippen LogP) is 0.904. The van der Waals surface area contributed by atoms with Crippen molar-refractivity contribution >= 4 is 0 Å². The minimum absolute atomic E-state index is 0.144. The highest BCUT2D eigenvalue weighted by Gasteiger charge is 2.13. The fourth-order valence-electron chi connectivity index (χ4n) is 1.92. The number of morpholine rings is 1. The normalized spacial score (nSPS) is 19.8. The van der Waals surface area contributed by atoms with Gasteiger partial charge in [-0.2, -0.15) is 0 Å². The fraction of sp³-hybridized carbons (Fsp3) is 0.615. The molecule has 5 nitrogen and oxygen atoms in total. The Bertz CT molecular complexity index is 378. The Kier molecular flexibility index (Phi) is 4.92. The third-order valence-electron chi connectivity index (χ3n) is 2.77. The van der Waals surface area contributed by atoms with Crippen molar-refractivity contribution in [1.82, 2.24) is 10.3 Å². The summed E-state index contributed by atoms with van der Waals surface area (Å²) in [5.41, 5.74) is 1.82. The monoisotopic (exact) mass is 252 g/mol. The first-order chi connectivity index (χ1) is 8.78. The lowest BCUT2D eigenvalue weighted by Crippen LogP contribution is -2.40. The Morgan fingerprint density at radius 2 is 2.39 bits per heavy atom. The first-order valence-corrected chi connectivity index (χ1v) is 6.19. The van der Waals surface area contributed by atoms with E-state index in [0.29, 0.717) is 13.2 Å². The predicted molar refractivity (Wildman–Crippen MR) is 67.8 cm³/mol. The van der Waals surface area contributed by atoms with Crippen molar-refractivity contribution in [2.24, 2.45) is 0 Å². The van der Waals surface area contributed by atoms with Crippen LogP contribution in [0.1, 0.15) is 11.4 Å². The molecule has 1 aliphatic rings. The summed E-state index contributed by atoms with van der Waals surface area (Å²) < 4.78 is 16.4. The molecule has 1 aliphatic heterocycles. The van der Waals surface area contributed by atoms with E-state index in [0.717, 1.165) is 36.8 Å². The van der Waals surface area contributed by atoms with Gasteiger partial charge in [-0.05, 0) is 6.92 Å². The third kappa shape index (κ3) is 3.94. The van der Waals surface area contributed by atoms with E-state index in [4.69, 9.17) is 14.2 Å². The van der Waals surface area contributed by atoms with Crippen molar-refractivity contribution in [3.63, 3.8) is 0 Å². The van der Waals surface area contributed by atoms with Crippen LogP contribution in [0.3, 0.4) is 0 Å². The van der Waals surface area contributed by atoms with Gasteiger partial charge in [-0.15, -0.1) is 0 Å². The summed E-state index contributed by atoms with van der Waals surface area (Å²) in [5, 5.41) is 3.27. The number of rotatable bonds is 5. The zero-order chi connectivity index (χ0) is 12.8. The molecule has 0 bridgehead atoms. The van der Waals surface area contributed by atoms with Crippen molar-refractivity contribution in [2.45, 2.75) is 19.6 Å². The molecular formula is C13H20N2O3. The van der Waals surface area contributed by atoms with Crippen molar-refractivity contribution in [2.75, 3.05) is 33.4 Å². The van der Waals surface area contributed by atoms with Crippen LogP contribution in [-0.2, 0) is 16.1 Å². The molecule has 2 heterocycles. The van der Waals surface area contributed by atoms with Gasteiger partial charge in [0.05, 0.1) is 38.7 Å². The Labute approximate surface area is 107 Å². The van der Waals surface area contributed by atoms with E-state index >= 15 is 0 Å². The number of nitrogens with zero attached hydrogens (tertiary/aromatic N) is 1. The minimum atomic E-state index is 0.144. The van der Waals surface area contributed by atoms with Gasteiger partial charge in [-0.3, -0.25) is 4.98 Å². The highest BCUT2D eigenvalue weighted by Crippen LogP contribution is 2.14. The zero-order valence-electron chi connectivity index (χ0n) is 10.9. The number of hydrogen-bond donors (Lipinski definition) is 1. The van der Waals surface area contributed by atoms with Crippen LogP contribution in [0.5, 0.6) is 5.75 Å². The second-order valence-corrected chi connectivity index (χ2v) is 4.35. The third-order valence-corrected chi connectivity index (χ3v) is 2.77. The molecule has 0 spiro atoms. The smallest absolute Gasteiger partial charge is 0.122 e. The fourth-order valence-corrected chi connectivity index (χ4v) is 1.92. The molecule has 0 aromatic carbocycles. The van der Waals surface area contributed by atoms with Crippen molar-refractivity contribution in [3.8, 4) is 5.75 Å². The van der Waals surface area contributed by atoms with Gasteiger partial charge in [0.15, 0.2) is 0 Å². The average molecular weight is 252 g/mol. The van der Waals surface area contributed by atoms with Crippen LogP contribution < -0.4 is 10.1 Å². The van der Waals surface area contributed by atoms with Crippen molar-refractivity contribution in [1.29, 1.82) is 0 Å². The molecule has 1 unspecified atom stereocenters. The molecule has 1 fully saturated rings. The second kappa shape index (κ2) is 6.68. The molecule has 1 aromatic rings. The number of pyridine rings is 1. The summed E-state index contributed by atoms with van der Waals surface area (Å²) in [6, 6.07) is 3.80. The number of methoxy groups -OCH3 is 1. The van der Waals surface area contributed by atoms with Crippen LogP contribution in [0.2, 0.25) is 0 Å². The maximum absolute atomic E-state index is 5.63. The van der Waals surface area contributed by atoms with E-state index in [1.54, 1.807) is 7.11 Å². The van der Waals surface area contributed by atoms with Gasteiger partial charge >= 0.3 is 0 Å². The molecule has 1 atom stereocenters. The number of nitrogens with one attached hydrogen (secondary N) is 1. The number of aryl methyl sites for hydroxylation is 1. The molecule has 5 heteroatoms. The number of ether oxygens (including phenoxy) is 3. The SMILES string of the molecule is COc1cc(C)nc(COCC2CNCCO2)c1. The van der Waals surface area contributed by atoms with Crippen LogP contribution >= 0.6 is 0 Å². The largest absolute Gasteiger partial charge is 0.497 e. The van der Waals surface area contributed by atoms with Gasteiger partial charge < -0.3 is 19.5 Å². The molecule has 2 rings (SSSR count). The Hall–Kier alpha value is -1.17. The quantitative estimate of drug-likeness (QED) is 0.844. The summed E-state index contributed by atoms with van der Waals surface area (Å²) in [6.45, 7) is 5.55. The molecule has 0 amide bonds. The average Bonchev–Trinajstić information content (AvgIpc) is 2.39. The van der Waals surface area contributed by atoms with Crippen LogP contribution in [-0.4, -0.2) is 44.5 Å². The lowest BCUT2D eigenvalue weighted by Gasteiger charge is -2.23. The summed E-state index contributed by atoms with van der Waals surface area (Å²) in [6.07, 6.45) is 0.144. The zero-order valence-corrected chi connectivity index (χ0v) is 10.9. The topological polar surface area (TPSA) is 52.6 Å². The van der Waals surface area contributed by atoms with E-state index in [-0.39, 0.29) is 6.10 Å². The molecule has 1 aromatic heterocycles. The lowest BCUT2D eigenvalue weighted by atomic mass is 10.3. The van der Waals surface area contributed by atoms with E-state index in [2.05, 4.69) is 10.3 Å². The van der Waals surface area contributed by atoms with Gasteiger partial charge in [-0.25, -0.2) is 0 Å². The molecule has 18 heavy (non-hydrogen) atoms. The molecular weight excluding hydrogens is 232 g/mol. The summed E-state index contributed by atoms with van der Waals surface area (Å²) in [4.78, 5) is 4.40. The van der Waals surface area contributed by atoms with Gasteiger partial charge in [-0.1, -0.05) is 0 Å². The van der Waals surface area contributed by atoms with Gasteiger partial charge in [0.1, 0.15) is 5.75 Å². The molecule has 1 saturated heterocycles. The second-order valence-electron chi connectivity index (χ2n) is 4.35. The highest BCUT2D eigenvalue weighted by atomic mass is 16.5. The standard InChI is InChI=1S/C13H20N2O3/c1-10-5-12(16-2)6-11(15-10)8-17-9-13-7-14-3-4-18-13/h5-6,13-14H,3-4,7-9H2,1-2H3. The number of aromatic nitrogens is 1. The van der Waals surface area contributed by atoms with Crippen molar-refractivity contribution < 1.29 is 14.2 Å². The van der Waals surface area contributed by atoms with Gasteiger partial charge in [0.25, 0.3) is 0 Å². The van der Waals surface area contributed by atoms with Crippen LogP contribution in [0.15, 0.2) is 12.1 Å². The molecule has 0 saturated carbocycles. The first kappa shape index (κ1) is 13.3. The van der Waals surface area contributed by atoms with Crippen LogP contribution in [0.4, 0.5) is 0 Å². The van der Waals surface area contributed by atoms with E-state index in [1.165, 1.54) is 0 Å². The lowest BCUT2D eigenvalue weighted by molar-refractivity contribution is -0.0363. The van der Waals surface area contributed by atoms with Crippen molar-refractivity contribution in [3.05, 3.63) is 23.5 Å². The molecule has 0 radical (unpaired) electrons.